The van der Waals surface area contributed by atoms with E-state index < -0.39 is 41.2 Å². The van der Waals surface area contributed by atoms with E-state index in [0.717, 1.165) is 24.3 Å². The molecule has 0 aromatic heterocycles. The van der Waals surface area contributed by atoms with Crippen molar-refractivity contribution in [1.29, 1.82) is 0 Å². The molecule has 8 heteroatoms. The fraction of sp³-hybridized carbons (Fsp3) is 0.111. The third-order valence-electron chi connectivity index (χ3n) is 5.30. The first-order valence-electron chi connectivity index (χ1n) is 10.5. The van der Waals surface area contributed by atoms with Crippen LogP contribution in [0, 0.1) is 23.3 Å². The molecular formula is C27H18F6O2. The normalized spacial score (nSPS) is 11.5. The van der Waals surface area contributed by atoms with Crippen molar-refractivity contribution in [2.45, 2.75) is 13.5 Å². The Balaban J connectivity index is 1.67. The maximum Gasteiger partial charge on any atom is 0.387 e. The number of allylic oxidation sites excluding steroid dienone is 1. The zero-order valence-corrected chi connectivity index (χ0v) is 18.3. The lowest BCUT2D eigenvalue weighted by Crippen LogP contribution is -2.03. The molecule has 0 spiro atoms. The van der Waals surface area contributed by atoms with Gasteiger partial charge in [0.2, 0.25) is 0 Å². The smallest absolute Gasteiger partial charge is 0.387 e. The van der Waals surface area contributed by atoms with E-state index in [1.807, 2.05) is 0 Å². The minimum atomic E-state index is -3.18. The predicted octanol–water partition coefficient (Wildman–Crippen LogP) is 8.29. The SMILES string of the molecule is CC=CCOc1cc(F)c(-c2ccc(-c3ccc4c(F)c(OC(F)F)ccc4c3)c(F)c2)c(F)c1. The molecule has 35 heavy (non-hydrogen) atoms. The first kappa shape index (κ1) is 24.2. The molecule has 0 fully saturated rings. The highest BCUT2D eigenvalue weighted by molar-refractivity contribution is 5.89. The average molecular weight is 488 g/mol. The van der Waals surface area contributed by atoms with Crippen LogP contribution >= 0.6 is 0 Å². The number of halogens is 6. The molecule has 0 aliphatic heterocycles. The van der Waals surface area contributed by atoms with E-state index in [1.165, 1.54) is 36.4 Å². The van der Waals surface area contributed by atoms with Gasteiger partial charge in [-0.25, -0.2) is 17.6 Å². The molecule has 0 saturated carbocycles. The topological polar surface area (TPSA) is 18.5 Å². The largest absolute Gasteiger partial charge is 0.489 e. The van der Waals surface area contributed by atoms with Crippen LogP contribution in [-0.4, -0.2) is 13.2 Å². The van der Waals surface area contributed by atoms with Crippen molar-refractivity contribution in [3.63, 3.8) is 0 Å². The van der Waals surface area contributed by atoms with Crippen molar-refractivity contribution in [2.75, 3.05) is 6.61 Å². The van der Waals surface area contributed by atoms with Crippen molar-refractivity contribution < 1.29 is 35.8 Å². The van der Waals surface area contributed by atoms with Gasteiger partial charge in [-0.15, -0.1) is 0 Å². The highest BCUT2D eigenvalue weighted by Gasteiger charge is 2.18. The first-order chi connectivity index (χ1) is 16.8. The highest BCUT2D eigenvalue weighted by atomic mass is 19.3. The summed E-state index contributed by atoms with van der Waals surface area (Å²) in [6.45, 7) is -1.25. The second-order valence-corrected chi connectivity index (χ2v) is 7.53. The van der Waals surface area contributed by atoms with E-state index in [2.05, 4.69) is 4.74 Å². The molecular weight excluding hydrogens is 470 g/mol. The summed E-state index contributed by atoms with van der Waals surface area (Å²) in [5, 5.41) is 0.348. The number of benzene rings is 4. The molecule has 4 aromatic rings. The minimum absolute atomic E-state index is 0.00412. The molecule has 2 nitrogen and oxygen atoms in total. The summed E-state index contributed by atoms with van der Waals surface area (Å²) in [5.74, 6) is -4.13. The standard InChI is InChI=1S/C27H18F6O2/c1-2-3-10-34-18-13-22(29)25(23(30)14-18)17-5-7-19(21(28)12-17)15-4-8-20-16(11-15)6-9-24(26(20)31)35-27(32)33/h2-9,11-14,27H,10H2,1H3. The summed E-state index contributed by atoms with van der Waals surface area (Å²) in [6.07, 6.45) is 3.41. The molecule has 180 valence electrons. The summed E-state index contributed by atoms with van der Waals surface area (Å²) < 4.78 is 93.0. The minimum Gasteiger partial charge on any atom is -0.489 e. The van der Waals surface area contributed by atoms with Crippen molar-refractivity contribution >= 4 is 10.8 Å². The second-order valence-electron chi connectivity index (χ2n) is 7.53. The zero-order chi connectivity index (χ0) is 25.1. The van der Waals surface area contributed by atoms with Gasteiger partial charge in [-0.05, 0) is 41.6 Å². The first-order valence-corrected chi connectivity index (χ1v) is 10.5. The summed E-state index contributed by atoms with van der Waals surface area (Å²) in [5.41, 5.74) is 0.0519. The average Bonchev–Trinajstić information content (AvgIpc) is 2.80. The third kappa shape index (κ3) is 5.11. The van der Waals surface area contributed by atoms with Gasteiger partial charge in [0, 0.05) is 23.1 Å². The Morgan fingerprint density at radius 2 is 1.51 bits per heavy atom. The molecule has 0 heterocycles. The summed E-state index contributed by atoms with van der Waals surface area (Å²) in [4.78, 5) is 0. The Bertz CT molecular complexity index is 1390. The number of hydrogen-bond donors (Lipinski definition) is 0. The van der Waals surface area contributed by atoms with Gasteiger partial charge in [0.25, 0.3) is 0 Å². The molecule has 0 bridgehead atoms. The van der Waals surface area contributed by atoms with Gasteiger partial charge in [0.15, 0.2) is 11.6 Å². The molecule has 4 aromatic carbocycles. The van der Waals surface area contributed by atoms with Crippen molar-refractivity contribution in [1.82, 2.24) is 0 Å². The van der Waals surface area contributed by atoms with Crippen LogP contribution in [0.25, 0.3) is 33.0 Å². The monoisotopic (exact) mass is 488 g/mol. The van der Waals surface area contributed by atoms with E-state index >= 15 is 4.39 Å². The van der Waals surface area contributed by atoms with Crippen LogP contribution in [0.2, 0.25) is 0 Å². The Morgan fingerprint density at radius 1 is 0.800 bits per heavy atom. The van der Waals surface area contributed by atoms with Crippen LogP contribution in [0.4, 0.5) is 26.3 Å². The second kappa shape index (κ2) is 10.1. The van der Waals surface area contributed by atoms with Crippen LogP contribution in [0.5, 0.6) is 11.5 Å². The van der Waals surface area contributed by atoms with Gasteiger partial charge in [0.1, 0.15) is 29.8 Å². The summed E-state index contributed by atoms with van der Waals surface area (Å²) in [7, 11) is 0. The van der Waals surface area contributed by atoms with Gasteiger partial charge in [-0.2, -0.15) is 8.78 Å². The molecule has 4 rings (SSSR count). The van der Waals surface area contributed by atoms with E-state index in [-0.39, 0.29) is 28.9 Å². The number of alkyl halides is 2. The van der Waals surface area contributed by atoms with Crippen LogP contribution in [0.1, 0.15) is 6.92 Å². The van der Waals surface area contributed by atoms with Gasteiger partial charge in [-0.3, -0.25) is 0 Å². The maximum atomic E-state index is 15.0. The Hall–Kier alpha value is -3.94. The highest BCUT2D eigenvalue weighted by Crippen LogP contribution is 2.35. The number of fused-ring (bicyclic) bond motifs is 1. The van der Waals surface area contributed by atoms with Crippen LogP contribution < -0.4 is 9.47 Å². The van der Waals surface area contributed by atoms with Crippen molar-refractivity contribution in [3.05, 3.63) is 96.1 Å². The summed E-state index contributed by atoms with van der Waals surface area (Å²) >= 11 is 0. The Morgan fingerprint density at radius 3 is 2.17 bits per heavy atom. The molecule has 0 aliphatic carbocycles. The Kier molecular flexibility index (Phi) is 7.00. The fourth-order valence-electron chi connectivity index (χ4n) is 3.68. The lowest BCUT2D eigenvalue weighted by atomic mass is 9.97. The van der Waals surface area contributed by atoms with E-state index in [4.69, 9.17) is 4.74 Å². The lowest BCUT2D eigenvalue weighted by molar-refractivity contribution is -0.0520. The molecule has 0 unspecified atom stereocenters. The van der Waals surface area contributed by atoms with Crippen LogP contribution in [0.3, 0.4) is 0 Å². The van der Waals surface area contributed by atoms with Crippen molar-refractivity contribution in [3.8, 4) is 33.8 Å². The quantitative estimate of drug-likeness (QED) is 0.193. The summed E-state index contributed by atoms with van der Waals surface area (Å²) in [6, 6.07) is 12.4. The zero-order valence-electron chi connectivity index (χ0n) is 18.3. The molecule has 0 N–H and O–H groups in total. The third-order valence-corrected chi connectivity index (χ3v) is 5.30. The number of rotatable bonds is 7. The predicted molar refractivity (Wildman–Crippen MR) is 122 cm³/mol. The van der Waals surface area contributed by atoms with Gasteiger partial charge < -0.3 is 9.47 Å². The van der Waals surface area contributed by atoms with Crippen LogP contribution in [0.15, 0.2) is 72.8 Å². The number of ether oxygens (including phenoxy) is 2. The molecule has 0 aliphatic rings. The fourth-order valence-corrected chi connectivity index (χ4v) is 3.68. The van der Waals surface area contributed by atoms with E-state index in [9.17, 15) is 22.0 Å². The van der Waals surface area contributed by atoms with Crippen LogP contribution in [-0.2, 0) is 0 Å². The van der Waals surface area contributed by atoms with E-state index in [0.29, 0.717) is 10.9 Å². The van der Waals surface area contributed by atoms with Crippen molar-refractivity contribution in [2.24, 2.45) is 0 Å². The van der Waals surface area contributed by atoms with Gasteiger partial charge in [0.05, 0.1) is 5.56 Å². The number of hydrogen-bond acceptors (Lipinski definition) is 2. The van der Waals surface area contributed by atoms with Gasteiger partial charge >= 0.3 is 6.61 Å². The molecule has 0 saturated heterocycles. The molecule has 0 amide bonds. The maximum absolute atomic E-state index is 15.0. The van der Waals surface area contributed by atoms with E-state index in [1.54, 1.807) is 19.1 Å². The molecule has 0 radical (unpaired) electrons. The lowest BCUT2D eigenvalue weighted by Gasteiger charge is -2.12. The van der Waals surface area contributed by atoms with Gasteiger partial charge in [-0.1, -0.05) is 42.5 Å². The molecule has 0 atom stereocenters. The Labute approximate surface area is 197 Å².